The first-order valence-electron chi connectivity index (χ1n) is 5.84. The number of halogens is 1. The number of hydrogen-bond acceptors (Lipinski definition) is 4. The van der Waals surface area contributed by atoms with Crippen molar-refractivity contribution in [2.75, 3.05) is 12.4 Å². The average molecular weight is 288 g/mol. The van der Waals surface area contributed by atoms with E-state index in [1.165, 1.54) is 19.1 Å². The van der Waals surface area contributed by atoms with Gasteiger partial charge in [0.1, 0.15) is 0 Å². The van der Waals surface area contributed by atoms with Crippen LogP contribution in [0.3, 0.4) is 0 Å². The number of hydrogen-bond donors (Lipinski definition) is 0. The Balaban J connectivity index is 2.96. The lowest BCUT2D eigenvalue weighted by Crippen LogP contribution is -2.39. The van der Waals surface area contributed by atoms with Gasteiger partial charge in [0.15, 0.2) is 9.84 Å². The van der Waals surface area contributed by atoms with Gasteiger partial charge in [0.2, 0.25) is 5.67 Å². The fourth-order valence-corrected chi connectivity index (χ4v) is 3.08. The van der Waals surface area contributed by atoms with Gasteiger partial charge in [-0.3, -0.25) is 0 Å². The van der Waals surface area contributed by atoms with Gasteiger partial charge in [-0.2, -0.15) is 0 Å². The monoisotopic (exact) mass is 288 g/mol. The van der Waals surface area contributed by atoms with Crippen molar-refractivity contribution in [3.05, 3.63) is 29.8 Å². The summed E-state index contributed by atoms with van der Waals surface area (Å²) in [6.07, 6.45) is 0. The maximum Gasteiger partial charge on any atom is 0.344 e. The van der Waals surface area contributed by atoms with Crippen molar-refractivity contribution in [2.24, 2.45) is 0 Å². The lowest BCUT2D eigenvalue weighted by Gasteiger charge is -2.18. The fraction of sp³-hybridized carbons (Fsp3) is 0.462. The molecule has 0 saturated carbocycles. The number of sulfone groups is 1. The van der Waals surface area contributed by atoms with Crippen molar-refractivity contribution >= 4 is 15.8 Å². The molecule has 6 heteroatoms. The van der Waals surface area contributed by atoms with E-state index in [1.54, 1.807) is 12.1 Å². The molecule has 0 spiro atoms. The highest BCUT2D eigenvalue weighted by atomic mass is 32.2. The van der Waals surface area contributed by atoms with Crippen molar-refractivity contribution in [3.8, 4) is 0 Å². The molecule has 0 aliphatic carbocycles. The van der Waals surface area contributed by atoms with Gasteiger partial charge >= 0.3 is 5.97 Å². The number of alkyl halides is 1. The van der Waals surface area contributed by atoms with E-state index in [4.69, 9.17) is 0 Å². The molecule has 0 unspecified atom stereocenters. The molecule has 0 bridgehead atoms. The summed E-state index contributed by atoms with van der Waals surface area (Å²) >= 11 is 0. The van der Waals surface area contributed by atoms with Crippen LogP contribution in [0.4, 0.5) is 4.39 Å². The van der Waals surface area contributed by atoms with Gasteiger partial charge in [-0.15, -0.1) is 0 Å². The van der Waals surface area contributed by atoms with Crippen LogP contribution >= 0.6 is 0 Å². The maximum atomic E-state index is 14.1. The molecule has 1 atom stereocenters. The normalized spacial score (nSPS) is 14.7. The number of aryl methyl sites for hydroxylation is 1. The van der Waals surface area contributed by atoms with Crippen LogP contribution in [0.15, 0.2) is 29.2 Å². The molecular formula is C13H17FO4S. The molecule has 0 aliphatic rings. The molecule has 0 fully saturated rings. The third-order valence-corrected chi connectivity index (χ3v) is 4.45. The van der Waals surface area contributed by atoms with E-state index in [0.717, 1.165) is 12.5 Å². The van der Waals surface area contributed by atoms with E-state index in [9.17, 15) is 17.6 Å². The van der Waals surface area contributed by atoms with Gasteiger partial charge < -0.3 is 4.74 Å². The highest BCUT2D eigenvalue weighted by Crippen LogP contribution is 2.21. The van der Waals surface area contributed by atoms with Crippen molar-refractivity contribution in [1.29, 1.82) is 0 Å². The first-order valence-corrected chi connectivity index (χ1v) is 7.50. The summed E-state index contributed by atoms with van der Waals surface area (Å²) in [5.74, 6) is -2.09. The second-order valence-corrected chi connectivity index (χ2v) is 6.48. The van der Waals surface area contributed by atoms with Crippen molar-refractivity contribution < 1.29 is 22.3 Å². The fourth-order valence-electron chi connectivity index (χ4n) is 1.53. The first-order chi connectivity index (χ1) is 8.69. The van der Waals surface area contributed by atoms with Gasteiger partial charge in [-0.1, -0.05) is 17.7 Å². The highest BCUT2D eigenvalue weighted by molar-refractivity contribution is 7.91. The Hall–Kier alpha value is -1.43. The second-order valence-electron chi connectivity index (χ2n) is 4.49. The molecule has 0 aliphatic heterocycles. The summed E-state index contributed by atoms with van der Waals surface area (Å²) < 4.78 is 42.6. The topological polar surface area (TPSA) is 60.4 Å². The Morgan fingerprint density at radius 2 is 1.84 bits per heavy atom. The van der Waals surface area contributed by atoms with Crippen LogP contribution in [-0.2, 0) is 19.4 Å². The minimum Gasteiger partial charge on any atom is -0.464 e. The number of rotatable bonds is 5. The molecule has 0 aromatic heterocycles. The van der Waals surface area contributed by atoms with Crippen LogP contribution in [0.5, 0.6) is 0 Å². The smallest absolute Gasteiger partial charge is 0.344 e. The Bertz CT molecular complexity index is 547. The summed E-state index contributed by atoms with van der Waals surface area (Å²) in [6.45, 7) is 4.26. The van der Waals surface area contributed by atoms with Crippen LogP contribution in [0.25, 0.3) is 0 Å². The van der Waals surface area contributed by atoms with Crippen LogP contribution < -0.4 is 0 Å². The molecule has 0 amide bonds. The van der Waals surface area contributed by atoms with Crippen molar-refractivity contribution in [2.45, 2.75) is 31.3 Å². The third-order valence-electron chi connectivity index (χ3n) is 2.54. The van der Waals surface area contributed by atoms with Crippen molar-refractivity contribution in [3.63, 3.8) is 0 Å². The van der Waals surface area contributed by atoms with E-state index >= 15 is 0 Å². The largest absolute Gasteiger partial charge is 0.464 e. The Kier molecular flexibility index (Phi) is 4.68. The highest BCUT2D eigenvalue weighted by Gasteiger charge is 2.40. The van der Waals surface area contributed by atoms with E-state index in [1.807, 2.05) is 6.92 Å². The number of carbonyl (C=O) groups is 1. The van der Waals surface area contributed by atoms with E-state index < -0.39 is 27.2 Å². The zero-order chi connectivity index (χ0) is 14.7. The Morgan fingerprint density at radius 3 is 2.32 bits per heavy atom. The summed E-state index contributed by atoms with van der Waals surface area (Å²) in [5.41, 5.74) is -1.66. The van der Waals surface area contributed by atoms with E-state index in [2.05, 4.69) is 4.74 Å². The zero-order valence-electron chi connectivity index (χ0n) is 11.1. The molecule has 1 rings (SSSR count). The molecule has 0 radical (unpaired) electrons. The Labute approximate surface area is 112 Å². The number of benzene rings is 1. The quantitative estimate of drug-likeness (QED) is 0.778. The molecule has 106 valence electrons. The Morgan fingerprint density at radius 1 is 1.32 bits per heavy atom. The zero-order valence-corrected chi connectivity index (χ0v) is 12.0. The summed E-state index contributed by atoms with van der Waals surface area (Å²) in [7, 11) is -3.87. The van der Waals surface area contributed by atoms with Gasteiger partial charge in [-0.25, -0.2) is 17.6 Å². The molecule has 0 saturated heterocycles. The number of esters is 1. The molecule has 1 aromatic rings. The summed E-state index contributed by atoms with van der Waals surface area (Å²) in [5, 5.41) is 0. The summed E-state index contributed by atoms with van der Waals surface area (Å²) in [6, 6.07) is 6.03. The minimum atomic E-state index is -3.87. The second kappa shape index (κ2) is 5.69. The van der Waals surface area contributed by atoms with Gasteiger partial charge in [-0.05, 0) is 32.9 Å². The van der Waals surface area contributed by atoms with E-state index in [0.29, 0.717) is 0 Å². The maximum absolute atomic E-state index is 14.1. The summed E-state index contributed by atoms with van der Waals surface area (Å²) in [4.78, 5) is 11.4. The predicted octanol–water partition coefficient (Wildman–Crippen LogP) is 2.06. The molecule has 0 N–H and O–H groups in total. The average Bonchev–Trinajstić information content (AvgIpc) is 2.28. The van der Waals surface area contributed by atoms with Gasteiger partial charge in [0.25, 0.3) is 0 Å². The van der Waals surface area contributed by atoms with Crippen LogP contribution in [0.2, 0.25) is 0 Å². The number of ether oxygens (including phenoxy) is 1. The minimum absolute atomic E-state index is 0.00290. The van der Waals surface area contributed by atoms with E-state index in [-0.39, 0.29) is 11.5 Å². The standard InChI is InChI=1S/C13H17FO4S/c1-4-18-12(15)13(3,14)9-19(16,17)11-7-5-10(2)6-8-11/h5-8H,4,9H2,1-3H3/t13-/m1/s1. The molecular weight excluding hydrogens is 271 g/mol. The van der Waals surface area contributed by atoms with Crippen LogP contribution in [0, 0.1) is 6.92 Å². The van der Waals surface area contributed by atoms with Crippen LogP contribution in [-0.4, -0.2) is 32.4 Å². The van der Waals surface area contributed by atoms with Gasteiger partial charge in [0.05, 0.1) is 17.3 Å². The SMILES string of the molecule is CCOC(=O)[C@](C)(F)CS(=O)(=O)c1ccc(C)cc1. The molecule has 19 heavy (non-hydrogen) atoms. The molecule has 4 nitrogen and oxygen atoms in total. The molecule has 0 heterocycles. The van der Waals surface area contributed by atoms with Crippen LogP contribution in [0.1, 0.15) is 19.4 Å². The first kappa shape index (κ1) is 15.6. The molecule has 1 aromatic carbocycles. The predicted molar refractivity (Wildman–Crippen MR) is 69.4 cm³/mol. The lowest BCUT2D eigenvalue weighted by molar-refractivity contribution is -0.154. The number of carbonyl (C=O) groups excluding carboxylic acids is 1. The van der Waals surface area contributed by atoms with Gasteiger partial charge in [0, 0.05) is 0 Å². The lowest BCUT2D eigenvalue weighted by atomic mass is 10.2. The van der Waals surface area contributed by atoms with Crippen molar-refractivity contribution in [1.82, 2.24) is 0 Å². The third kappa shape index (κ3) is 4.02.